The third-order valence-corrected chi connectivity index (χ3v) is 5.04. The van der Waals surface area contributed by atoms with Gasteiger partial charge in [-0.15, -0.1) is 3.89 Å². The Hall–Kier alpha value is -4.26. The van der Waals surface area contributed by atoms with Crippen LogP contribution in [0.2, 0.25) is 0 Å². The van der Waals surface area contributed by atoms with Gasteiger partial charge in [-0.05, 0) is 42.5 Å². The van der Waals surface area contributed by atoms with Crippen LogP contribution in [0.3, 0.4) is 0 Å². The van der Waals surface area contributed by atoms with E-state index >= 15 is 0 Å². The first-order valence-electron chi connectivity index (χ1n) is 8.67. The van der Waals surface area contributed by atoms with E-state index < -0.39 is 26.7 Å². The fourth-order valence-corrected chi connectivity index (χ4v) is 3.30. The number of carbonyl (C=O) groups excluding carboxylic acids is 1. The molecule has 158 valence electrons. The summed E-state index contributed by atoms with van der Waals surface area (Å²) in [6.45, 7) is 0. The quantitative estimate of drug-likeness (QED) is 0.350. The summed E-state index contributed by atoms with van der Waals surface area (Å²) < 4.78 is 36.2. The summed E-state index contributed by atoms with van der Waals surface area (Å²) in [5.74, 6) is -0.0560. The topological polar surface area (TPSA) is 165 Å². The number of nitrogens with one attached hydrogen (secondary N) is 3. The number of nitrogens with two attached hydrogens (primary N) is 1. The molecule has 0 aliphatic heterocycles. The van der Waals surface area contributed by atoms with Crippen LogP contribution >= 0.6 is 0 Å². The molecule has 13 heteroatoms. The molecular weight excluding hydrogens is 429 g/mol. The average Bonchev–Trinajstić information content (AvgIpc) is 3.12. The molecule has 11 nitrogen and oxygen atoms in total. The van der Waals surface area contributed by atoms with Crippen molar-refractivity contribution in [2.45, 2.75) is 4.90 Å². The predicted octanol–water partition coefficient (Wildman–Crippen LogP) is 1.99. The van der Waals surface area contributed by atoms with Gasteiger partial charge in [-0.3, -0.25) is 14.3 Å². The van der Waals surface area contributed by atoms with E-state index in [0.29, 0.717) is 11.4 Å². The lowest BCUT2D eigenvalue weighted by atomic mass is 10.2. The Morgan fingerprint density at radius 2 is 1.81 bits per heavy atom. The average molecular weight is 443 g/mol. The van der Waals surface area contributed by atoms with Gasteiger partial charge in [0.1, 0.15) is 6.33 Å². The number of hydrogen-bond donors (Lipinski definition) is 4. The number of benzene rings is 2. The molecule has 0 radical (unpaired) electrons. The maximum atomic E-state index is 12.9. The molecule has 4 aromatic rings. The normalized spacial score (nSPS) is 11.4. The third-order valence-electron chi connectivity index (χ3n) is 4.20. The van der Waals surface area contributed by atoms with E-state index in [2.05, 4.69) is 25.6 Å². The Bertz CT molecular complexity index is 1460. The molecule has 4 rings (SSSR count). The summed E-state index contributed by atoms with van der Waals surface area (Å²) in [7, 11) is -4.81. The van der Waals surface area contributed by atoms with Crippen LogP contribution < -0.4 is 21.9 Å². The number of aromatic nitrogens is 4. The number of amides is 2. The van der Waals surface area contributed by atoms with Crippen molar-refractivity contribution < 1.29 is 17.1 Å². The lowest BCUT2D eigenvalue weighted by Crippen LogP contribution is -2.19. The fraction of sp³-hybridized carbons (Fsp3) is 0. The zero-order chi connectivity index (χ0) is 22.2. The summed E-state index contributed by atoms with van der Waals surface area (Å²) in [6.07, 6.45) is 1.41. The van der Waals surface area contributed by atoms with Gasteiger partial charge in [0, 0.05) is 11.4 Å². The standard InChI is InChI=1S/C18H14FN7O4S/c19-31(29,30)13-6-4-10(5-7-13)22-18(28)23-11-2-1-3-12(8-11)26-9-21-14-15(26)24-17(20)25-16(14)27/h1-9H,(H2,22,23,28)(H3,20,24,25,27). The van der Waals surface area contributed by atoms with Crippen LogP contribution in [-0.2, 0) is 10.2 Å². The second kappa shape index (κ2) is 7.53. The number of nitrogens with zero attached hydrogens (tertiary/aromatic N) is 3. The molecule has 0 spiro atoms. The van der Waals surface area contributed by atoms with Crippen molar-refractivity contribution in [3.05, 3.63) is 65.2 Å². The molecule has 2 aromatic carbocycles. The van der Waals surface area contributed by atoms with Gasteiger partial charge in [0.05, 0.1) is 10.6 Å². The second-order valence-corrected chi connectivity index (χ2v) is 7.68. The van der Waals surface area contributed by atoms with E-state index in [9.17, 15) is 21.9 Å². The van der Waals surface area contributed by atoms with Gasteiger partial charge in [0.2, 0.25) is 5.95 Å². The molecule has 0 aliphatic rings. The van der Waals surface area contributed by atoms with E-state index in [1.54, 1.807) is 28.8 Å². The lowest BCUT2D eigenvalue weighted by molar-refractivity contribution is 0.262. The van der Waals surface area contributed by atoms with Gasteiger partial charge in [-0.2, -0.15) is 13.4 Å². The number of urea groups is 1. The number of aromatic amines is 1. The van der Waals surface area contributed by atoms with Gasteiger partial charge < -0.3 is 16.4 Å². The van der Waals surface area contributed by atoms with E-state index in [0.717, 1.165) is 12.1 Å². The molecule has 0 aliphatic carbocycles. The number of nitrogen functional groups attached to an aromatic ring is 1. The van der Waals surface area contributed by atoms with Crippen LogP contribution in [-0.4, -0.2) is 34.0 Å². The van der Waals surface area contributed by atoms with Crippen molar-refractivity contribution in [3.8, 4) is 5.69 Å². The minimum absolute atomic E-state index is 0.0560. The highest BCUT2D eigenvalue weighted by molar-refractivity contribution is 7.86. The molecule has 0 saturated carbocycles. The summed E-state index contributed by atoms with van der Waals surface area (Å²) in [4.78, 5) is 34.2. The van der Waals surface area contributed by atoms with Crippen molar-refractivity contribution >= 4 is 44.7 Å². The molecule has 31 heavy (non-hydrogen) atoms. The molecule has 2 aromatic heterocycles. The van der Waals surface area contributed by atoms with Crippen LogP contribution in [0.1, 0.15) is 0 Å². The first kappa shape index (κ1) is 20.0. The zero-order valence-electron chi connectivity index (χ0n) is 15.5. The molecule has 2 amide bonds. The Kier molecular flexibility index (Phi) is 4.87. The van der Waals surface area contributed by atoms with Gasteiger partial charge >= 0.3 is 16.3 Å². The highest BCUT2D eigenvalue weighted by Gasteiger charge is 2.13. The maximum Gasteiger partial charge on any atom is 0.332 e. The molecule has 0 atom stereocenters. The van der Waals surface area contributed by atoms with Crippen molar-refractivity contribution in [2.24, 2.45) is 0 Å². The van der Waals surface area contributed by atoms with Crippen LogP contribution in [0.15, 0.2) is 64.5 Å². The van der Waals surface area contributed by atoms with E-state index in [1.807, 2.05) is 0 Å². The molecular formula is C18H14FN7O4S. The number of H-pyrrole nitrogens is 1. The Morgan fingerprint density at radius 3 is 2.52 bits per heavy atom. The minimum atomic E-state index is -4.81. The minimum Gasteiger partial charge on any atom is -0.369 e. The fourth-order valence-electron chi connectivity index (χ4n) is 2.84. The summed E-state index contributed by atoms with van der Waals surface area (Å²) >= 11 is 0. The van der Waals surface area contributed by atoms with Crippen molar-refractivity contribution in [1.82, 2.24) is 19.5 Å². The molecule has 0 saturated heterocycles. The van der Waals surface area contributed by atoms with Crippen LogP contribution in [0.5, 0.6) is 0 Å². The largest absolute Gasteiger partial charge is 0.369 e. The molecule has 5 N–H and O–H groups in total. The van der Waals surface area contributed by atoms with Crippen LogP contribution in [0.4, 0.5) is 26.0 Å². The number of hydrogen-bond acceptors (Lipinski definition) is 7. The number of carbonyl (C=O) groups is 1. The number of fused-ring (bicyclic) bond motifs is 1. The predicted molar refractivity (Wildman–Crippen MR) is 111 cm³/mol. The molecule has 0 bridgehead atoms. The summed E-state index contributed by atoms with van der Waals surface area (Å²) in [5.41, 5.74) is 6.75. The highest BCUT2D eigenvalue weighted by atomic mass is 32.3. The first-order chi connectivity index (χ1) is 14.7. The van der Waals surface area contributed by atoms with Gasteiger partial charge in [0.25, 0.3) is 5.56 Å². The highest BCUT2D eigenvalue weighted by Crippen LogP contribution is 2.20. The Morgan fingerprint density at radius 1 is 1.10 bits per heavy atom. The summed E-state index contributed by atoms with van der Waals surface area (Å²) in [6, 6.07) is 10.6. The van der Waals surface area contributed by atoms with E-state index in [-0.39, 0.29) is 22.8 Å². The molecule has 0 fully saturated rings. The zero-order valence-corrected chi connectivity index (χ0v) is 16.4. The number of halogens is 1. The number of imidazole rings is 1. The first-order valence-corrected chi connectivity index (χ1v) is 10.0. The SMILES string of the molecule is Nc1nc2c(ncn2-c2cccc(NC(=O)Nc3ccc(S(=O)(=O)F)cc3)c2)c(=O)[nH]1. The summed E-state index contributed by atoms with van der Waals surface area (Å²) in [5, 5.41) is 5.13. The van der Waals surface area contributed by atoms with Gasteiger partial charge in [0.15, 0.2) is 11.2 Å². The molecule has 0 unspecified atom stereocenters. The smallest absolute Gasteiger partial charge is 0.332 e. The number of rotatable bonds is 4. The monoisotopic (exact) mass is 443 g/mol. The second-order valence-electron chi connectivity index (χ2n) is 6.33. The van der Waals surface area contributed by atoms with Gasteiger partial charge in [-0.25, -0.2) is 9.78 Å². The Labute approximate surface area is 174 Å². The third kappa shape index (κ3) is 4.20. The van der Waals surface area contributed by atoms with Gasteiger partial charge in [-0.1, -0.05) is 6.07 Å². The molecule has 2 heterocycles. The van der Waals surface area contributed by atoms with Crippen molar-refractivity contribution in [2.75, 3.05) is 16.4 Å². The van der Waals surface area contributed by atoms with Crippen LogP contribution in [0, 0.1) is 0 Å². The van der Waals surface area contributed by atoms with Crippen molar-refractivity contribution in [3.63, 3.8) is 0 Å². The Balaban J connectivity index is 1.54. The van der Waals surface area contributed by atoms with E-state index in [1.165, 1.54) is 18.5 Å². The van der Waals surface area contributed by atoms with E-state index in [4.69, 9.17) is 5.73 Å². The van der Waals surface area contributed by atoms with Crippen molar-refractivity contribution in [1.29, 1.82) is 0 Å². The van der Waals surface area contributed by atoms with Crippen LogP contribution in [0.25, 0.3) is 16.9 Å². The number of anilines is 3. The maximum absolute atomic E-state index is 12.9. The lowest BCUT2D eigenvalue weighted by Gasteiger charge is -2.10.